The van der Waals surface area contributed by atoms with Gasteiger partial charge in [-0.3, -0.25) is 14.4 Å². The van der Waals surface area contributed by atoms with Gasteiger partial charge >= 0.3 is 0 Å². The van der Waals surface area contributed by atoms with Crippen molar-refractivity contribution in [3.63, 3.8) is 0 Å². The number of para-hydroxylation sites is 1. The Bertz CT molecular complexity index is 1420. The molecule has 36 heavy (non-hydrogen) atoms. The molecule has 4 rings (SSSR count). The van der Waals surface area contributed by atoms with Gasteiger partial charge in [-0.05, 0) is 32.3 Å². The molecule has 1 fully saturated rings. The number of ketones is 1. The van der Waals surface area contributed by atoms with Crippen LogP contribution in [0.3, 0.4) is 0 Å². The van der Waals surface area contributed by atoms with Crippen molar-refractivity contribution in [1.29, 1.82) is 0 Å². The molecule has 1 saturated heterocycles. The van der Waals surface area contributed by atoms with Gasteiger partial charge in [0.05, 0.1) is 10.5 Å². The number of likely N-dealkylation sites (N-methyl/N-ethyl adjacent to an activating group) is 2. The number of likely N-dealkylation sites (tertiary alicyclic amines) is 1. The third-order valence-electron chi connectivity index (χ3n) is 6.60. The molecule has 0 aromatic heterocycles. The molecule has 1 spiro atoms. The summed E-state index contributed by atoms with van der Waals surface area (Å²) in [6.45, 7) is 0.419. The summed E-state index contributed by atoms with van der Waals surface area (Å²) in [5, 5.41) is 11.5. The van der Waals surface area contributed by atoms with Crippen LogP contribution in [0.25, 0.3) is 5.76 Å². The van der Waals surface area contributed by atoms with Crippen LogP contribution in [0.15, 0.2) is 59.0 Å². The molecule has 11 heteroatoms. The molecule has 2 heterocycles. The van der Waals surface area contributed by atoms with Gasteiger partial charge in [0.2, 0.25) is 10.0 Å². The fourth-order valence-electron chi connectivity index (χ4n) is 4.73. The summed E-state index contributed by atoms with van der Waals surface area (Å²) in [5.41, 5.74) is -1.35. The third-order valence-corrected chi connectivity index (χ3v) is 8.41. The molecule has 2 aromatic carbocycles. The number of hydrogen-bond donors (Lipinski definition) is 1. The smallest absolute Gasteiger partial charge is 0.296 e. The topological polar surface area (TPSA) is 119 Å². The lowest BCUT2D eigenvalue weighted by molar-refractivity contribution is -0.143. The van der Waals surface area contributed by atoms with E-state index in [4.69, 9.17) is 0 Å². The van der Waals surface area contributed by atoms with Crippen molar-refractivity contribution in [3.05, 3.63) is 65.2 Å². The van der Waals surface area contributed by atoms with Gasteiger partial charge in [0, 0.05) is 51.0 Å². The van der Waals surface area contributed by atoms with E-state index in [9.17, 15) is 27.9 Å². The first-order valence-electron chi connectivity index (χ1n) is 11.2. The van der Waals surface area contributed by atoms with Gasteiger partial charge in [0.1, 0.15) is 5.76 Å². The van der Waals surface area contributed by atoms with Crippen LogP contribution in [0.5, 0.6) is 0 Å². The molecular formula is C25H28N4O6S. The molecule has 0 saturated carbocycles. The van der Waals surface area contributed by atoms with Crippen molar-refractivity contribution >= 4 is 39.1 Å². The van der Waals surface area contributed by atoms with Crippen molar-refractivity contribution in [2.45, 2.75) is 10.4 Å². The Labute approximate surface area is 210 Å². The second-order valence-corrected chi connectivity index (χ2v) is 11.4. The Kier molecular flexibility index (Phi) is 6.27. The van der Waals surface area contributed by atoms with E-state index in [0.717, 1.165) is 4.31 Å². The number of rotatable bonds is 6. The molecule has 0 radical (unpaired) electrons. The number of aliphatic hydroxyl groups is 1. The van der Waals surface area contributed by atoms with Gasteiger partial charge in [-0.1, -0.05) is 30.3 Å². The zero-order valence-electron chi connectivity index (χ0n) is 20.7. The Morgan fingerprint density at radius 3 is 2.31 bits per heavy atom. The first-order chi connectivity index (χ1) is 16.9. The van der Waals surface area contributed by atoms with E-state index in [1.54, 1.807) is 45.4 Å². The van der Waals surface area contributed by atoms with Crippen molar-refractivity contribution in [2.75, 3.05) is 53.2 Å². The molecular weight excluding hydrogens is 484 g/mol. The van der Waals surface area contributed by atoms with Crippen molar-refractivity contribution in [1.82, 2.24) is 14.1 Å². The van der Waals surface area contributed by atoms with E-state index < -0.39 is 38.9 Å². The molecule has 1 atom stereocenters. The number of nitrogens with zero attached hydrogens (tertiary/aromatic N) is 4. The third kappa shape index (κ3) is 3.54. The molecule has 2 aliphatic heterocycles. The van der Waals surface area contributed by atoms with Crippen LogP contribution >= 0.6 is 0 Å². The van der Waals surface area contributed by atoms with Crippen molar-refractivity contribution < 1.29 is 27.9 Å². The highest BCUT2D eigenvalue weighted by Crippen LogP contribution is 2.53. The highest BCUT2D eigenvalue weighted by molar-refractivity contribution is 7.89. The minimum Gasteiger partial charge on any atom is -0.507 e. The van der Waals surface area contributed by atoms with Crippen LogP contribution in [-0.4, -0.2) is 93.6 Å². The number of fused-ring (bicyclic) bond motifs is 2. The van der Waals surface area contributed by atoms with Gasteiger partial charge in [0.15, 0.2) is 5.54 Å². The Hall–Kier alpha value is -3.54. The summed E-state index contributed by atoms with van der Waals surface area (Å²) < 4.78 is 26.4. The van der Waals surface area contributed by atoms with Crippen LogP contribution in [0.4, 0.5) is 5.69 Å². The molecule has 0 bridgehead atoms. The predicted molar refractivity (Wildman–Crippen MR) is 134 cm³/mol. The van der Waals surface area contributed by atoms with Crippen LogP contribution in [0.2, 0.25) is 0 Å². The summed E-state index contributed by atoms with van der Waals surface area (Å²) >= 11 is 0. The molecule has 2 amide bonds. The second kappa shape index (κ2) is 8.84. The maximum Gasteiger partial charge on any atom is 0.296 e. The average molecular weight is 513 g/mol. The van der Waals surface area contributed by atoms with E-state index >= 15 is 0 Å². The lowest BCUT2D eigenvalue weighted by atomic mass is 9.82. The Balaban J connectivity index is 2.03. The fourth-order valence-corrected chi connectivity index (χ4v) is 5.68. The number of Topliss-reactive ketones (excluding diaryl/α,β-unsaturated/α-hetero) is 1. The molecule has 190 valence electrons. The standard InChI is InChI=1S/C25H28N4O6S/c1-26(2)13-14-29-23(32)22(31)20(25(29)18-11-6-7-12-19(18)28(5)24(25)33)21(30)16-9-8-10-17(15-16)36(34,35)27(3)4/h6-12,15,30H,13-14H2,1-5H3/b21-20-/t25-/m1/s1. The first kappa shape index (κ1) is 25.5. The zero-order chi connectivity index (χ0) is 26.6. The Morgan fingerprint density at radius 2 is 1.67 bits per heavy atom. The van der Waals surface area contributed by atoms with E-state index in [-0.39, 0.29) is 22.6 Å². The minimum atomic E-state index is -3.85. The normalized spacial score (nSPS) is 21.4. The molecule has 2 aliphatic rings. The largest absolute Gasteiger partial charge is 0.507 e. The maximum absolute atomic E-state index is 13.9. The summed E-state index contributed by atoms with van der Waals surface area (Å²) in [7, 11) is 4.06. The predicted octanol–water partition coefficient (Wildman–Crippen LogP) is 1.05. The van der Waals surface area contributed by atoms with E-state index in [2.05, 4.69) is 0 Å². The number of aliphatic hydroxyl groups excluding tert-OH is 1. The Morgan fingerprint density at radius 1 is 1.00 bits per heavy atom. The fraction of sp³-hybridized carbons (Fsp3) is 0.320. The van der Waals surface area contributed by atoms with Crippen LogP contribution in [0, 0.1) is 0 Å². The molecule has 10 nitrogen and oxygen atoms in total. The van der Waals surface area contributed by atoms with Crippen molar-refractivity contribution in [2.24, 2.45) is 0 Å². The van der Waals surface area contributed by atoms with Crippen LogP contribution in [0.1, 0.15) is 11.1 Å². The number of amides is 2. The zero-order valence-corrected chi connectivity index (χ0v) is 21.5. The monoisotopic (exact) mass is 512 g/mol. The van der Waals surface area contributed by atoms with E-state index in [0.29, 0.717) is 17.8 Å². The van der Waals surface area contributed by atoms with E-state index in [1.807, 2.05) is 4.90 Å². The van der Waals surface area contributed by atoms with Gasteiger partial charge in [0.25, 0.3) is 17.6 Å². The number of carbonyl (C=O) groups is 3. The van der Waals surface area contributed by atoms with Crippen LogP contribution < -0.4 is 4.90 Å². The molecule has 0 aliphatic carbocycles. The molecule has 0 unspecified atom stereocenters. The van der Waals surface area contributed by atoms with Gasteiger partial charge < -0.3 is 19.8 Å². The highest BCUT2D eigenvalue weighted by atomic mass is 32.2. The van der Waals surface area contributed by atoms with Crippen molar-refractivity contribution in [3.8, 4) is 0 Å². The van der Waals surface area contributed by atoms with E-state index in [1.165, 1.54) is 48.2 Å². The van der Waals surface area contributed by atoms with Gasteiger partial charge in [-0.15, -0.1) is 0 Å². The summed E-state index contributed by atoms with van der Waals surface area (Å²) in [4.78, 5) is 45.0. The second-order valence-electron chi connectivity index (χ2n) is 9.22. The number of benzene rings is 2. The number of anilines is 1. The maximum atomic E-state index is 13.9. The van der Waals surface area contributed by atoms with Gasteiger partial charge in [-0.2, -0.15) is 0 Å². The van der Waals surface area contributed by atoms with Crippen LogP contribution in [-0.2, 0) is 29.9 Å². The molecule has 2 aromatic rings. The summed E-state index contributed by atoms with van der Waals surface area (Å²) in [6, 6.07) is 12.2. The van der Waals surface area contributed by atoms with Gasteiger partial charge in [-0.25, -0.2) is 12.7 Å². The lowest BCUT2D eigenvalue weighted by Gasteiger charge is -2.34. The summed E-state index contributed by atoms with van der Waals surface area (Å²) in [5.74, 6) is -3.09. The molecule has 1 N–H and O–H groups in total. The highest BCUT2D eigenvalue weighted by Gasteiger charge is 2.66. The quantitative estimate of drug-likeness (QED) is 0.349. The first-order valence-corrected chi connectivity index (χ1v) is 12.7. The lowest BCUT2D eigenvalue weighted by Crippen LogP contribution is -2.52. The summed E-state index contributed by atoms with van der Waals surface area (Å²) in [6.07, 6.45) is 0. The number of sulfonamides is 1. The number of hydrogen-bond acceptors (Lipinski definition) is 7. The minimum absolute atomic E-state index is 0.00254. The average Bonchev–Trinajstić information content (AvgIpc) is 3.20. The SMILES string of the molecule is CN(C)CCN1C(=O)C(=O)/C(=C(/O)c2cccc(S(=O)(=O)N(C)C)c2)[C@]12C(=O)N(C)c1ccccc12. The number of carbonyl (C=O) groups excluding carboxylic acids is 3.